The third kappa shape index (κ3) is 4.07. The van der Waals surface area contributed by atoms with Gasteiger partial charge in [0, 0.05) is 0 Å². The molecule has 0 aliphatic carbocycles. The van der Waals surface area contributed by atoms with Crippen molar-refractivity contribution in [2.24, 2.45) is 0 Å². The highest BCUT2D eigenvalue weighted by Gasteiger charge is 2.14. The predicted molar refractivity (Wildman–Crippen MR) is 88.4 cm³/mol. The first-order valence-corrected chi connectivity index (χ1v) is 7.80. The van der Waals surface area contributed by atoms with E-state index in [0.717, 1.165) is 18.4 Å². The highest BCUT2D eigenvalue weighted by Crippen LogP contribution is 2.15. The number of carbonyl (C=O) groups is 1. The fourth-order valence-corrected chi connectivity index (χ4v) is 2.46. The number of nitrogens with zero attached hydrogens (tertiary/aromatic N) is 2. The Balaban J connectivity index is 1.65. The molecule has 0 atom stereocenters. The summed E-state index contributed by atoms with van der Waals surface area (Å²) < 4.78 is 10.2. The van der Waals surface area contributed by atoms with E-state index in [1.165, 1.54) is 5.56 Å². The van der Waals surface area contributed by atoms with Gasteiger partial charge in [-0.3, -0.25) is 0 Å². The van der Waals surface area contributed by atoms with E-state index in [0.29, 0.717) is 17.3 Å². The molecule has 0 saturated carbocycles. The van der Waals surface area contributed by atoms with Crippen molar-refractivity contribution in [1.29, 1.82) is 0 Å². The third-order valence-corrected chi connectivity index (χ3v) is 3.66. The number of aryl methyl sites for hydroxylation is 3. The quantitative estimate of drug-likeness (QED) is 0.650. The lowest BCUT2D eigenvalue weighted by atomic mass is 10.00. The standard InChI is InChI=1S/C19H18N2O3/c1-14-20-18(24-21-14)13-23-19(22)17-10-6-5-9-16(17)12-11-15-7-3-2-4-8-15/h2-10H,11-13H2,1H3. The molecule has 24 heavy (non-hydrogen) atoms. The van der Waals surface area contributed by atoms with Crippen LogP contribution in [0.25, 0.3) is 0 Å². The highest BCUT2D eigenvalue weighted by atomic mass is 16.6. The Hall–Kier alpha value is -2.95. The molecule has 3 rings (SSSR count). The van der Waals surface area contributed by atoms with E-state index in [1.54, 1.807) is 13.0 Å². The number of rotatable bonds is 6. The molecule has 1 aromatic heterocycles. The fourth-order valence-electron chi connectivity index (χ4n) is 2.46. The minimum Gasteiger partial charge on any atom is -0.452 e. The van der Waals surface area contributed by atoms with Gasteiger partial charge in [-0.05, 0) is 37.0 Å². The second kappa shape index (κ2) is 7.55. The molecule has 5 heteroatoms. The average Bonchev–Trinajstić information content (AvgIpc) is 3.04. The molecule has 0 aliphatic heterocycles. The minimum atomic E-state index is -0.380. The fraction of sp³-hybridized carbons (Fsp3) is 0.211. The maximum Gasteiger partial charge on any atom is 0.338 e. The summed E-state index contributed by atoms with van der Waals surface area (Å²) in [7, 11) is 0. The number of hydrogen-bond donors (Lipinski definition) is 0. The summed E-state index contributed by atoms with van der Waals surface area (Å²) in [6.07, 6.45) is 1.64. The van der Waals surface area contributed by atoms with Crippen LogP contribution in [0.4, 0.5) is 0 Å². The Kier molecular flexibility index (Phi) is 5.01. The first-order chi connectivity index (χ1) is 11.7. The summed E-state index contributed by atoms with van der Waals surface area (Å²) >= 11 is 0. The summed E-state index contributed by atoms with van der Waals surface area (Å²) in [5.41, 5.74) is 2.78. The van der Waals surface area contributed by atoms with Gasteiger partial charge < -0.3 is 9.26 Å². The number of carbonyl (C=O) groups excluding carboxylic acids is 1. The van der Waals surface area contributed by atoms with Gasteiger partial charge >= 0.3 is 5.97 Å². The van der Waals surface area contributed by atoms with Crippen molar-refractivity contribution in [2.45, 2.75) is 26.4 Å². The van der Waals surface area contributed by atoms with Gasteiger partial charge in [-0.2, -0.15) is 4.98 Å². The minimum absolute atomic E-state index is 0.0211. The van der Waals surface area contributed by atoms with Crippen LogP contribution in [0.15, 0.2) is 59.1 Å². The van der Waals surface area contributed by atoms with Gasteiger partial charge in [0.15, 0.2) is 12.4 Å². The van der Waals surface area contributed by atoms with Gasteiger partial charge in [0.05, 0.1) is 5.56 Å². The lowest BCUT2D eigenvalue weighted by Gasteiger charge is -2.09. The number of benzene rings is 2. The molecule has 0 N–H and O–H groups in total. The molecular formula is C19H18N2O3. The zero-order chi connectivity index (χ0) is 16.8. The first-order valence-electron chi connectivity index (χ1n) is 7.80. The number of hydrogen-bond acceptors (Lipinski definition) is 5. The summed E-state index contributed by atoms with van der Waals surface area (Å²) in [5, 5.41) is 3.67. The van der Waals surface area contributed by atoms with E-state index < -0.39 is 0 Å². The first kappa shape index (κ1) is 15.9. The van der Waals surface area contributed by atoms with E-state index in [9.17, 15) is 4.79 Å². The van der Waals surface area contributed by atoms with Crippen LogP contribution in [0, 0.1) is 6.92 Å². The van der Waals surface area contributed by atoms with E-state index in [4.69, 9.17) is 9.26 Å². The van der Waals surface area contributed by atoms with Gasteiger partial charge in [0.2, 0.25) is 0 Å². The Bertz CT molecular complexity index is 812. The van der Waals surface area contributed by atoms with Crippen LogP contribution in [-0.2, 0) is 24.2 Å². The van der Waals surface area contributed by atoms with Crippen molar-refractivity contribution in [2.75, 3.05) is 0 Å². The summed E-state index contributed by atoms with van der Waals surface area (Å²) in [5.74, 6) is 0.432. The van der Waals surface area contributed by atoms with Crippen LogP contribution in [0.5, 0.6) is 0 Å². The van der Waals surface area contributed by atoms with E-state index in [-0.39, 0.29) is 12.6 Å². The lowest BCUT2D eigenvalue weighted by molar-refractivity contribution is 0.0428. The molecule has 1 heterocycles. The topological polar surface area (TPSA) is 65.2 Å². The van der Waals surface area contributed by atoms with Crippen LogP contribution in [0.2, 0.25) is 0 Å². The molecule has 0 unspecified atom stereocenters. The molecule has 0 saturated heterocycles. The molecule has 0 amide bonds. The Morgan fingerprint density at radius 3 is 2.54 bits per heavy atom. The second-order valence-electron chi connectivity index (χ2n) is 5.45. The van der Waals surface area contributed by atoms with E-state index in [1.807, 2.05) is 36.4 Å². The predicted octanol–water partition coefficient (Wildman–Crippen LogP) is 3.52. The number of ether oxygens (including phenoxy) is 1. The maximum absolute atomic E-state index is 12.3. The van der Waals surface area contributed by atoms with Crippen molar-refractivity contribution in [3.8, 4) is 0 Å². The van der Waals surface area contributed by atoms with Gasteiger partial charge in [0.25, 0.3) is 5.89 Å². The normalized spacial score (nSPS) is 10.5. The molecule has 0 radical (unpaired) electrons. The molecule has 0 fully saturated rings. The van der Waals surface area contributed by atoms with Crippen molar-refractivity contribution in [1.82, 2.24) is 10.1 Å². The van der Waals surface area contributed by atoms with Crippen molar-refractivity contribution >= 4 is 5.97 Å². The second-order valence-corrected chi connectivity index (χ2v) is 5.45. The van der Waals surface area contributed by atoms with Gasteiger partial charge in [-0.25, -0.2) is 4.79 Å². The molecular weight excluding hydrogens is 304 g/mol. The molecule has 0 spiro atoms. The van der Waals surface area contributed by atoms with Gasteiger partial charge in [0.1, 0.15) is 0 Å². The molecule has 5 nitrogen and oxygen atoms in total. The smallest absolute Gasteiger partial charge is 0.338 e. The Labute approximate surface area is 140 Å². The third-order valence-electron chi connectivity index (χ3n) is 3.66. The van der Waals surface area contributed by atoms with Crippen molar-refractivity contribution in [3.63, 3.8) is 0 Å². The van der Waals surface area contributed by atoms with E-state index in [2.05, 4.69) is 22.3 Å². The monoisotopic (exact) mass is 322 g/mol. The van der Waals surface area contributed by atoms with Crippen LogP contribution in [0.1, 0.15) is 33.2 Å². The highest BCUT2D eigenvalue weighted by molar-refractivity contribution is 5.91. The Morgan fingerprint density at radius 1 is 1.04 bits per heavy atom. The van der Waals surface area contributed by atoms with E-state index >= 15 is 0 Å². The molecule has 2 aromatic carbocycles. The van der Waals surface area contributed by atoms with Crippen molar-refractivity contribution < 1.29 is 14.1 Å². The van der Waals surface area contributed by atoms with Gasteiger partial charge in [-0.1, -0.05) is 53.7 Å². The van der Waals surface area contributed by atoms with Crippen LogP contribution >= 0.6 is 0 Å². The van der Waals surface area contributed by atoms with Crippen molar-refractivity contribution in [3.05, 3.63) is 83.0 Å². The maximum atomic E-state index is 12.3. The van der Waals surface area contributed by atoms with Crippen LogP contribution < -0.4 is 0 Å². The number of aromatic nitrogens is 2. The summed E-state index contributed by atoms with van der Waals surface area (Å²) in [6.45, 7) is 1.69. The molecule has 0 aliphatic rings. The zero-order valence-corrected chi connectivity index (χ0v) is 13.4. The molecule has 0 bridgehead atoms. The van der Waals surface area contributed by atoms with Gasteiger partial charge in [-0.15, -0.1) is 0 Å². The average molecular weight is 322 g/mol. The van der Waals surface area contributed by atoms with Crippen LogP contribution in [0.3, 0.4) is 0 Å². The summed E-state index contributed by atoms with van der Waals surface area (Å²) in [4.78, 5) is 16.4. The SMILES string of the molecule is Cc1noc(COC(=O)c2ccccc2CCc2ccccc2)n1. The lowest BCUT2D eigenvalue weighted by Crippen LogP contribution is -2.09. The van der Waals surface area contributed by atoms with Crippen LogP contribution in [-0.4, -0.2) is 16.1 Å². The largest absolute Gasteiger partial charge is 0.452 e. The number of esters is 1. The zero-order valence-electron chi connectivity index (χ0n) is 13.4. The Morgan fingerprint density at radius 2 is 1.79 bits per heavy atom. The molecule has 3 aromatic rings. The summed E-state index contributed by atoms with van der Waals surface area (Å²) in [6, 6.07) is 17.7. The molecule has 122 valence electrons.